The number of alkyl halides is 3. The number of anilines is 1. The maximum absolute atomic E-state index is 12.5. The molecule has 2 heterocycles. The maximum atomic E-state index is 12.5. The van der Waals surface area contributed by atoms with Gasteiger partial charge in [-0.1, -0.05) is 20.8 Å². The van der Waals surface area contributed by atoms with Crippen molar-refractivity contribution in [2.45, 2.75) is 45.3 Å². The summed E-state index contributed by atoms with van der Waals surface area (Å²) in [6.07, 6.45) is -1.11. The number of hydrogen-bond donors (Lipinski definition) is 3. The molecule has 0 aliphatic heterocycles. The highest BCUT2D eigenvalue weighted by Crippen LogP contribution is 2.28. The van der Waals surface area contributed by atoms with Crippen LogP contribution in [0.4, 0.5) is 19.0 Å². The molecule has 29 heavy (non-hydrogen) atoms. The van der Waals surface area contributed by atoms with Crippen molar-refractivity contribution in [1.82, 2.24) is 20.6 Å². The van der Waals surface area contributed by atoms with E-state index in [-0.39, 0.29) is 5.41 Å². The smallest absolute Gasteiger partial charge is 0.417 e. The number of pyridine rings is 1. The van der Waals surface area contributed by atoms with E-state index in [1.165, 1.54) is 6.07 Å². The van der Waals surface area contributed by atoms with Crippen LogP contribution in [0.2, 0.25) is 0 Å². The van der Waals surface area contributed by atoms with E-state index >= 15 is 0 Å². The molecule has 2 rings (SSSR count). The van der Waals surface area contributed by atoms with Crippen molar-refractivity contribution < 1.29 is 17.6 Å². The van der Waals surface area contributed by atoms with Gasteiger partial charge in [-0.25, -0.2) is 9.97 Å². The molecule has 10 heteroatoms. The summed E-state index contributed by atoms with van der Waals surface area (Å²) in [5, 5.41) is 9.26. The summed E-state index contributed by atoms with van der Waals surface area (Å²) in [4.78, 5) is 12.2. The van der Waals surface area contributed by atoms with E-state index in [1.807, 2.05) is 0 Å². The maximum Gasteiger partial charge on any atom is 0.417 e. The van der Waals surface area contributed by atoms with E-state index in [2.05, 4.69) is 51.7 Å². The van der Waals surface area contributed by atoms with Crippen molar-refractivity contribution in [1.29, 1.82) is 0 Å². The third kappa shape index (κ3) is 7.28. The van der Waals surface area contributed by atoms with Gasteiger partial charge in [-0.05, 0) is 18.6 Å². The lowest BCUT2D eigenvalue weighted by Crippen LogP contribution is -2.37. The van der Waals surface area contributed by atoms with Gasteiger partial charge in [-0.3, -0.25) is 4.99 Å². The van der Waals surface area contributed by atoms with Crippen LogP contribution in [0.1, 0.15) is 44.4 Å². The summed E-state index contributed by atoms with van der Waals surface area (Å²) in [7, 11) is 1.66. The number of nitrogens with zero attached hydrogens (tertiary/aromatic N) is 3. The van der Waals surface area contributed by atoms with Gasteiger partial charge in [0.25, 0.3) is 0 Å². The fraction of sp³-hybridized carbons (Fsp3) is 0.526. The molecule has 7 nitrogen and oxygen atoms in total. The Balaban J connectivity index is 1.67. The molecule has 2 aromatic heterocycles. The average Bonchev–Trinajstić information content (AvgIpc) is 3.13. The third-order valence-electron chi connectivity index (χ3n) is 3.97. The highest BCUT2D eigenvalue weighted by atomic mass is 19.4. The molecule has 0 aromatic carbocycles. The van der Waals surface area contributed by atoms with Crippen LogP contribution in [0.25, 0.3) is 0 Å². The average molecular weight is 412 g/mol. The van der Waals surface area contributed by atoms with E-state index in [0.717, 1.165) is 24.4 Å². The predicted octanol–water partition coefficient (Wildman–Crippen LogP) is 3.55. The first kappa shape index (κ1) is 22.5. The highest BCUT2D eigenvalue weighted by Gasteiger charge is 2.30. The minimum absolute atomic E-state index is 0.0971. The topological polar surface area (TPSA) is 87.4 Å². The van der Waals surface area contributed by atoms with E-state index < -0.39 is 11.7 Å². The fourth-order valence-electron chi connectivity index (χ4n) is 2.30. The van der Waals surface area contributed by atoms with Gasteiger partial charge in [-0.2, -0.15) is 13.2 Å². The molecule has 0 amide bonds. The number of aromatic nitrogens is 2. The lowest BCUT2D eigenvalue weighted by molar-refractivity contribution is -0.137. The molecule has 160 valence electrons. The first-order valence-electron chi connectivity index (χ1n) is 9.26. The van der Waals surface area contributed by atoms with E-state index in [4.69, 9.17) is 4.42 Å². The second kappa shape index (κ2) is 9.62. The normalized spacial score (nSPS) is 12.7. The molecule has 0 spiro atoms. The predicted molar refractivity (Wildman–Crippen MR) is 106 cm³/mol. The molecular weight excluding hydrogens is 385 g/mol. The number of guanidine groups is 1. The van der Waals surface area contributed by atoms with Crippen LogP contribution in [0, 0.1) is 0 Å². The summed E-state index contributed by atoms with van der Waals surface area (Å²) in [6, 6.07) is 2.33. The van der Waals surface area contributed by atoms with Crippen molar-refractivity contribution in [3.63, 3.8) is 0 Å². The summed E-state index contributed by atoms with van der Waals surface area (Å²) in [5.41, 5.74) is -0.861. The Morgan fingerprint density at radius 3 is 2.38 bits per heavy atom. The summed E-state index contributed by atoms with van der Waals surface area (Å²) in [6.45, 7) is 7.74. The molecule has 2 aromatic rings. The molecule has 0 radical (unpaired) electrons. The van der Waals surface area contributed by atoms with Crippen molar-refractivity contribution in [3.05, 3.63) is 41.7 Å². The monoisotopic (exact) mass is 412 g/mol. The van der Waals surface area contributed by atoms with Crippen LogP contribution in [0.3, 0.4) is 0 Å². The Labute approximate surface area is 168 Å². The largest absolute Gasteiger partial charge is 0.443 e. The van der Waals surface area contributed by atoms with Crippen LogP contribution in [-0.2, 0) is 18.1 Å². The second-order valence-electron chi connectivity index (χ2n) is 7.43. The number of halogens is 3. The van der Waals surface area contributed by atoms with Crippen LogP contribution < -0.4 is 16.0 Å². The summed E-state index contributed by atoms with van der Waals surface area (Å²) < 4.78 is 43.3. The Bertz CT molecular complexity index is 794. The molecular formula is C19H27F3N6O. The lowest BCUT2D eigenvalue weighted by Gasteiger charge is -2.13. The number of rotatable bonds is 7. The Kier molecular flexibility index (Phi) is 7.46. The first-order valence-corrected chi connectivity index (χ1v) is 9.26. The molecule has 0 saturated heterocycles. The molecule has 0 saturated carbocycles. The molecule has 0 unspecified atom stereocenters. The van der Waals surface area contributed by atoms with Crippen LogP contribution in [0.15, 0.2) is 33.9 Å². The van der Waals surface area contributed by atoms with Gasteiger partial charge < -0.3 is 20.4 Å². The highest BCUT2D eigenvalue weighted by molar-refractivity contribution is 5.79. The zero-order chi connectivity index (χ0) is 21.5. The van der Waals surface area contributed by atoms with Gasteiger partial charge in [0.1, 0.15) is 11.6 Å². The molecule has 3 N–H and O–H groups in total. The van der Waals surface area contributed by atoms with E-state index in [1.54, 1.807) is 13.2 Å². The zero-order valence-electron chi connectivity index (χ0n) is 17.0. The van der Waals surface area contributed by atoms with Gasteiger partial charge in [0, 0.05) is 31.7 Å². The molecule has 0 aliphatic rings. The van der Waals surface area contributed by atoms with Crippen LogP contribution in [0.5, 0.6) is 0 Å². The fourth-order valence-corrected chi connectivity index (χ4v) is 2.30. The minimum Gasteiger partial charge on any atom is -0.443 e. The van der Waals surface area contributed by atoms with Gasteiger partial charge in [0.2, 0.25) is 5.89 Å². The Morgan fingerprint density at radius 1 is 1.07 bits per heavy atom. The summed E-state index contributed by atoms with van der Waals surface area (Å²) >= 11 is 0. The van der Waals surface area contributed by atoms with E-state index in [9.17, 15) is 13.2 Å². The zero-order valence-corrected chi connectivity index (χ0v) is 17.0. The lowest BCUT2D eigenvalue weighted by atomic mass is 9.94. The van der Waals surface area contributed by atoms with Crippen molar-refractivity contribution >= 4 is 11.8 Å². The van der Waals surface area contributed by atoms with E-state index in [0.29, 0.717) is 37.3 Å². The van der Waals surface area contributed by atoms with Crippen LogP contribution in [-0.4, -0.2) is 36.1 Å². The van der Waals surface area contributed by atoms with Gasteiger partial charge in [0.15, 0.2) is 5.96 Å². The number of aliphatic imine (C=N–C) groups is 1. The molecule has 0 fully saturated rings. The molecule has 0 aliphatic carbocycles. The second-order valence-corrected chi connectivity index (χ2v) is 7.43. The summed E-state index contributed by atoms with van der Waals surface area (Å²) in [5.74, 6) is 2.40. The van der Waals surface area contributed by atoms with Gasteiger partial charge >= 0.3 is 6.18 Å². The van der Waals surface area contributed by atoms with Crippen molar-refractivity contribution in [2.24, 2.45) is 4.99 Å². The molecule has 0 bridgehead atoms. The van der Waals surface area contributed by atoms with Gasteiger partial charge in [0.05, 0.1) is 18.3 Å². The number of oxazole rings is 1. The third-order valence-corrected chi connectivity index (χ3v) is 3.97. The SMILES string of the molecule is CN=C(NCCCNc1ccc(C(F)(F)F)cn1)NCc1ncc(C(C)(C)C)o1. The van der Waals surface area contributed by atoms with Crippen molar-refractivity contribution in [3.8, 4) is 0 Å². The quantitative estimate of drug-likeness (QED) is 0.366. The minimum atomic E-state index is -4.38. The Morgan fingerprint density at radius 2 is 1.83 bits per heavy atom. The van der Waals surface area contributed by atoms with Gasteiger partial charge in [-0.15, -0.1) is 0 Å². The van der Waals surface area contributed by atoms with Crippen molar-refractivity contribution in [2.75, 3.05) is 25.5 Å². The standard InChI is InChI=1S/C19H27F3N6O/c1-18(2,3)14-11-27-16(29-14)12-28-17(23-4)25-9-5-8-24-15-7-6-13(10-26-15)19(20,21)22/h6-7,10-11H,5,8-9,12H2,1-4H3,(H,24,26)(H2,23,25,28). The first-order chi connectivity index (χ1) is 13.6. The van der Waals surface area contributed by atoms with Crippen LogP contribution >= 0.6 is 0 Å². The molecule has 0 atom stereocenters. The number of nitrogens with one attached hydrogen (secondary N) is 3. The Hall–Kier alpha value is -2.78. The number of hydrogen-bond acceptors (Lipinski definition) is 5.